The topological polar surface area (TPSA) is 166 Å². The fraction of sp³-hybridized carbons (Fsp3) is 0. The first-order chi connectivity index (χ1) is 13.1. The van der Waals surface area contributed by atoms with Gasteiger partial charge in [0.15, 0.2) is 5.78 Å². The molecule has 0 unspecified atom stereocenters. The first-order valence-corrected chi connectivity index (χ1v) is 7.55. The van der Waals surface area contributed by atoms with E-state index in [2.05, 4.69) is 0 Å². The minimum atomic E-state index is -1.51. The number of hydrogen-bond donors (Lipinski definition) is 4. The van der Waals surface area contributed by atoms with Gasteiger partial charge in [0.1, 0.15) is 0 Å². The average molecular weight is 384 g/mol. The molecule has 9 nitrogen and oxygen atoms in total. The van der Waals surface area contributed by atoms with Gasteiger partial charge >= 0.3 is 23.9 Å². The number of benzene rings is 2. The van der Waals surface area contributed by atoms with Gasteiger partial charge in [0.25, 0.3) is 0 Å². The predicted octanol–water partition coefficient (Wildman–Crippen LogP) is 2.38. The summed E-state index contributed by atoms with van der Waals surface area (Å²) in [5, 5.41) is 36.1. The number of aromatic carboxylic acids is 4. The van der Waals surface area contributed by atoms with E-state index in [0.717, 1.165) is 36.4 Å². The van der Waals surface area contributed by atoms with Crippen molar-refractivity contribution in [2.75, 3.05) is 0 Å². The zero-order chi connectivity index (χ0) is 21.0. The fourth-order valence-corrected chi connectivity index (χ4v) is 2.36. The third-order valence-corrected chi connectivity index (χ3v) is 3.70. The summed E-state index contributed by atoms with van der Waals surface area (Å²) in [6.07, 6.45) is 2.26. The second kappa shape index (κ2) is 7.96. The second-order valence-corrected chi connectivity index (χ2v) is 5.48. The van der Waals surface area contributed by atoms with E-state index < -0.39 is 51.9 Å². The Kier molecular flexibility index (Phi) is 5.70. The molecule has 0 amide bonds. The highest BCUT2D eigenvalue weighted by molar-refractivity contribution is 6.10. The molecular weight excluding hydrogens is 372 g/mol. The number of hydrogen-bond acceptors (Lipinski definition) is 5. The van der Waals surface area contributed by atoms with Gasteiger partial charge in [-0.15, -0.1) is 0 Å². The zero-order valence-electron chi connectivity index (χ0n) is 13.9. The van der Waals surface area contributed by atoms with E-state index >= 15 is 0 Å². The molecule has 2 rings (SSSR count). The summed E-state index contributed by atoms with van der Waals surface area (Å²) >= 11 is 0. The molecule has 0 radical (unpaired) electrons. The smallest absolute Gasteiger partial charge is 0.336 e. The number of carboxylic acid groups (broad SMARTS) is 4. The molecule has 0 heterocycles. The van der Waals surface area contributed by atoms with Crippen molar-refractivity contribution in [3.8, 4) is 0 Å². The van der Waals surface area contributed by atoms with Gasteiger partial charge in [-0.2, -0.15) is 0 Å². The highest BCUT2D eigenvalue weighted by atomic mass is 16.4. The monoisotopic (exact) mass is 384 g/mol. The Morgan fingerprint density at radius 2 is 1.07 bits per heavy atom. The lowest BCUT2D eigenvalue weighted by Gasteiger charge is -2.04. The van der Waals surface area contributed by atoms with Crippen molar-refractivity contribution in [3.05, 3.63) is 75.9 Å². The summed E-state index contributed by atoms with van der Waals surface area (Å²) < 4.78 is 0. The Morgan fingerprint density at radius 3 is 1.57 bits per heavy atom. The maximum Gasteiger partial charge on any atom is 0.336 e. The van der Waals surface area contributed by atoms with Crippen LogP contribution in [0.3, 0.4) is 0 Å². The van der Waals surface area contributed by atoms with Crippen molar-refractivity contribution in [2.45, 2.75) is 0 Å². The van der Waals surface area contributed by atoms with Crippen molar-refractivity contribution in [1.82, 2.24) is 0 Å². The molecule has 0 saturated carbocycles. The molecular formula is C19H12O9. The average Bonchev–Trinajstić information content (AvgIpc) is 2.64. The molecule has 9 heteroatoms. The van der Waals surface area contributed by atoms with Crippen LogP contribution in [-0.2, 0) is 0 Å². The van der Waals surface area contributed by atoms with Gasteiger partial charge in [-0.3, -0.25) is 4.79 Å². The quantitative estimate of drug-likeness (QED) is 0.414. The maximum atomic E-state index is 12.2. The van der Waals surface area contributed by atoms with E-state index in [9.17, 15) is 24.0 Å². The van der Waals surface area contributed by atoms with Crippen LogP contribution in [0.25, 0.3) is 6.08 Å². The number of allylic oxidation sites excluding steroid dienone is 1. The Bertz CT molecular complexity index is 1050. The van der Waals surface area contributed by atoms with Crippen LogP contribution in [0.15, 0.2) is 42.5 Å². The van der Waals surface area contributed by atoms with Crippen LogP contribution in [0.5, 0.6) is 0 Å². The molecule has 0 bridgehead atoms. The largest absolute Gasteiger partial charge is 0.478 e. The van der Waals surface area contributed by atoms with Crippen LogP contribution in [0.2, 0.25) is 0 Å². The minimum Gasteiger partial charge on any atom is -0.478 e. The van der Waals surface area contributed by atoms with Crippen molar-refractivity contribution >= 4 is 35.7 Å². The first-order valence-electron chi connectivity index (χ1n) is 7.55. The van der Waals surface area contributed by atoms with Gasteiger partial charge in [-0.05, 0) is 35.9 Å². The highest BCUT2D eigenvalue weighted by Gasteiger charge is 2.18. The predicted molar refractivity (Wildman–Crippen MR) is 94.1 cm³/mol. The van der Waals surface area contributed by atoms with Gasteiger partial charge in [-0.1, -0.05) is 18.2 Å². The molecule has 2 aromatic carbocycles. The SMILES string of the molecule is O=C(C=Cc1ccc(C(=O)O)c(C(=O)O)c1)c1ccc(C(=O)O)c(C(=O)O)c1. The van der Waals surface area contributed by atoms with E-state index in [4.69, 9.17) is 20.4 Å². The molecule has 2 aromatic rings. The van der Waals surface area contributed by atoms with Crippen LogP contribution in [0, 0.1) is 0 Å². The molecule has 0 spiro atoms. The van der Waals surface area contributed by atoms with Crippen molar-refractivity contribution in [2.24, 2.45) is 0 Å². The van der Waals surface area contributed by atoms with E-state index in [1.54, 1.807) is 0 Å². The van der Waals surface area contributed by atoms with E-state index in [1.807, 2.05) is 0 Å². The van der Waals surface area contributed by atoms with Crippen LogP contribution in [0.1, 0.15) is 57.4 Å². The fourth-order valence-electron chi connectivity index (χ4n) is 2.36. The number of carbonyl (C=O) groups excluding carboxylic acids is 1. The van der Waals surface area contributed by atoms with Gasteiger partial charge in [0.2, 0.25) is 0 Å². The number of rotatable bonds is 7. The summed E-state index contributed by atoms with van der Waals surface area (Å²) in [5.41, 5.74) is -1.74. The van der Waals surface area contributed by atoms with Crippen LogP contribution in [0.4, 0.5) is 0 Å². The molecule has 0 aliphatic heterocycles. The van der Waals surface area contributed by atoms with E-state index in [-0.39, 0.29) is 11.1 Å². The zero-order valence-corrected chi connectivity index (χ0v) is 13.9. The number of carbonyl (C=O) groups is 5. The molecule has 28 heavy (non-hydrogen) atoms. The van der Waals surface area contributed by atoms with Crippen LogP contribution >= 0.6 is 0 Å². The molecule has 0 fully saturated rings. The van der Waals surface area contributed by atoms with Crippen LogP contribution in [-0.4, -0.2) is 50.1 Å². The molecule has 4 N–H and O–H groups in total. The summed E-state index contributed by atoms with van der Waals surface area (Å²) in [7, 11) is 0. The van der Waals surface area contributed by atoms with E-state index in [1.165, 1.54) is 12.1 Å². The Morgan fingerprint density at radius 1 is 0.607 bits per heavy atom. The lowest BCUT2D eigenvalue weighted by Crippen LogP contribution is -2.10. The third kappa shape index (κ3) is 4.28. The molecule has 0 atom stereocenters. The summed E-state index contributed by atoms with van der Waals surface area (Å²) in [4.78, 5) is 56.6. The van der Waals surface area contributed by atoms with Gasteiger partial charge < -0.3 is 20.4 Å². The molecule has 0 saturated heterocycles. The Hall–Kier alpha value is -4.27. The lowest BCUT2D eigenvalue weighted by molar-refractivity contribution is 0.0651. The van der Waals surface area contributed by atoms with Gasteiger partial charge in [-0.25, -0.2) is 19.2 Å². The summed E-state index contributed by atoms with van der Waals surface area (Å²) in [6, 6.07) is 6.53. The van der Waals surface area contributed by atoms with E-state index in [0.29, 0.717) is 0 Å². The highest BCUT2D eigenvalue weighted by Crippen LogP contribution is 2.16. The maximum absolute atomic E-state index is 12.2. The summed E-state index contributed by atoms with van der Waals surface area (Å²) in [5.74, 6) is -6.48. The van der Waals surface area contributed by atoms with Crippen LogP contribution < -0.4 is 0 Å². The normalized spacial score (nSPS) is 10.6. The Balaban J connectivity index is 2.36. The standard InChI is InChI=1S/C19H12O9/c20-15(10-3-5-12(17(23)24)14(8-10)19(27)28)6-2-9-1-4-11(16(21)22)13(7-9)18(25)26/h1-8H,(H,21,22)(H,23,24)(H,25,26)(H,27,28). The third-order valence-electron chi connectivity index (χ3n) is 3.70. The van der Waals surface area contributed by atoms with Gasteiger partial charge in [0, 0.05) is 5.56 Å². The molecule has 0 aromatic heterocycles. The van der Waals surface area contributed by atoms with Crippen molar-refractivity contribution < 1.29 is 44.4 Å². The van der Waals surface area contributed by atoms with Gasteiger partial charge in [0.05, 0.1) is 22.3 Å². The molecule has 142 valence electrons. The first kappa shape index (κ1) is 20.0. The van der Waals surface area contributed by atoms with Crippen molar-refractivity contribution in [3.63, 3.8) is 0 Å². The Labute approximate surface area is 156 Å². The molecule has 0 aliphatic carbocycles. The summed E-state index contributed by atoms with van der Waals surface area (Å²) in [6.45, 7) is 0. The molecule has 0 aliphatic rings. The minimum absolute atomic E-state index is 0.0840. The second-order valence-electron chi connectivity index (χ2n) is 5.48. The van der Waals surface area contributed by atoms with Crippen molar-refractivity contribution in [1.29, 1.82) is 0 Å². The number of carboxylic acids is 4. The number of ketones is 1. The lowest BCUT2D eigenvalue weighted by atomic mass is 10.00.